The van der Waals surface area contributed by atoms with Crippen molar-refractivity contribution in [3.63, 3.8) is 0 Å². The summed E-state index contributed by atoms with van der Waals surface area (Å²) in [6.45, 7) is 48.5. The number of carboxylic acids is 1. The van der Waals surface area contributed by atoms with Crippen LogP contribution in [-0.2, 0) is 60.5 Å². The van der Waals surface area contributed by atoms with Gasteiger partial charge in [0, 0.05) is 61.6 Å². The minimum atomic E-state index is -3.22. The van der Waals surface area contributed by atoms with E-state index in [1.54, 1.807) is 6.07 Å². The normalized spacial score (nSPS) is 15.2. The zero-order valence-electron chi connectivity index (χ0n) is 83.8. The standard InChI is InChI=1S/C14H18ClN3O.C13H14BrClN4.C13H15ClN4.C12H13BrClNO.C12H14ClNO.C12H14ClNS.C7H6Br2ClN.C7H8ClN.C4H9NO2.CH3F.2BHNS.Cl3OP/c1-8-5-6-11(15)13-10(8)7-12(14(3,4)16-13)18-17-9(2)19;1-6-8(14)5-9(15)10-11(6)19-7(2)17-18-12(19)13(3,4)16-10;1-7-5-6-9(14)10-11(7)18-8(2)16-17-12(18)13(3,4)15-10;1-6-4-8(13)10(14)11-7(6)5-9(16)12(2,3)15-11;2*1-7-4-5-9(13)11-8(7)6-10(15)12(2,3)14-11;1-3-2-4(8)6(10)5(9)7(3)11;1-5-2-3-6(8)4-7(5)9;1-4(2,5)3(6)7;1-2;2*1-2-3;1-5(2,3)4/h5-6,16H,7H2,1-4H3,(H,17,19);5,16H,1-4H3;5-6,15H,1-4H3;4,15H,5H2,1-3H3;2*4-5,14H,6H2,1-3H3;2H,11H2,1H3;2-4H,9H2,1H3;5H2,1-2H3,(H,6,7);1H3;2*3H;/b18-12-;;;;;;;;;;;;/i;;;;;;;;;1D;;;. The molecular formula is C95H116B2Br4Cl11FN19O6PS3. The van der Waals surface area contributed by atoms with Crippen molar-refractivity contribution in [1.29, 1.82) is 0 Å². The van der Waals surface area contributed by atoms with Crippen molar-refractivity contribution in [2.75, 3.05) is 50.5 Å². The molecule has 10 aromatic rings. The second kappa shape index (κ2) is 54.0. The number of nitrogens with one attached hydrogen (secondary N) is 7. The zero-order valence-corrected chi connectivity index (χ0v) is 101. The molecule has 1 amide bonds. The van der Waals surface area contributed by atoms with Gasteiger partial charge in [-0.25, -0.2) is 5.43 Å². The number of hydrogen-bond donors (Lipinski definition) is 13. The Hall–Kier alpha value is -5.86. The van der Waals surface area contributed by atoms with Crippen molar-refractivity contribution in [2.24, 2.45) is 19.4 Å². The number of benzene rings is 8. The number of aryl methyl sites for hydroxylation is 9. The predicted molar refractivity (Wildman–Crippen MR) is 624 cm³/mol. The predicted octanol–water partition coefficient (Wildman–Crippen LogP) is 30.1. The average Bonchev–Trinajstić information content (AvgIpc) is 1.63. The molecule has 47 heteroatoms. The first-order chi connectivity index (χ1) is 65.6. The molecule has 0 spiro atoms. The molecule has 8 aromatic carbocycles. The van der Waals surface area contributed by atoms with E-state index in [1.165, 1.54) is 31.9 Å². The zero-order chi connectivity index (χ0) is 110. The Morgan fingerprint density at radius 1 is 0.514 bits per heavy atom. The fourth-order valence-corrected chi connectivity index (χ4v) is 18.4. The van der Waals surface area contributed by atoms with E-state index in [0.29, 0.717) is 55.1 Å². The number of fused-ring (bicyclic) bond motifs is 10. The van der Waals surface area contributed by atoms with Gasteiger partial charge in [0.2, 0.25) is 5.91 Å². The van der Waals surface area contributed by atoms with Gasteiger partial charge in [-0.2, -0.15) is 5.10 Å². The van der Waals surface area contributed by atoms with Crippen LogP contribution in [0.2, 0.25) is 40.2 Å². The number of thiol groups is 2. The van der Waals surface area contributed by atoms with Crippen LogP contribution in [0.4, 0.5) is 49.9 Å². The molecular weight excluding hydrogens is 2380 g/mol. The molecule has 0 aliphatic carbocycles. The minimum absolute atomic E-state index is 0.139. The van der Waals surface area contributed by atoms with Crippen molar-refractivity contribution in [3.8, 4) is 11.4 Å². The molecule has 0 saturated heterocycles. The number of halogens is 16. The van der Waals surface area contributed by atoms with Gasteiger partial charge in [0.05, 0.1) is 138 Å². The van der Waals surface area contributed by atoms with Crippen molar-refractivity contribution in [1.82, 2.24) is 35.0 Å². The van der Waals surface area contributed by atoms with Crippen molar-refractivity contribution in [3.05, 3.63) is 233 Å². The van der Waals surface area contributed by atoms with E-state index >= 15 is 0 Å². The third-order valence-electron chi connectivity index (χ3n) is 22.4. The molecule has 6 aliphatic heterocycles. The second-order valence-electron chi connectivity index (χ2n) is 36.7. The Bertz CT molecular complexity index is 6380. The number of nitrogens with zero attached hydrogens (tertiary/aromatic N) is 9. The van der Waals surface area contributed by atoms with Crippen LogP contribution in [0.1, 0.15) is 195 Å². The molecule has 25 nitrogen and oxygen atoms in total. The van der Waals surface area contributed by atoms with Gasteiger partial charge in [-0.05, 0) is 369 Å². The first-order valence-electron chi connectivity index (χ1n) is 43.5. The van der Waals surface area contributed by atoms with E-state index in [1.807, 2.05) is 169 Å². The number of carbonyl (C=O) groups is 4. The first kappa shape index (κ1) is 127. The molecule has 2 aromatic heterocycles. The van der Waals surface area contributed by atoms with Crippen LogP contribution in [-0.4, -0.2) is 119 Å². The summed E-state index contributed by atoms with van der Waals surface area (Å²) in [5, 5.41) is 51.9. The number of amides is 1. The van der Waals surface area contributed by atoms with E-state index in [-0.39, 0.29) is 39.6 Å². The van der Waals surface area contributed by atoms with Gasteiger partial charge in [0.1, 0.15) is 17.2 Å². The van der Waals surface area contributed by atoms with E-state index in [4.69, 9.17) is 129 Å². The number of alkyl halides is 1. The van der Waals surface area contributed by atoms with E-state index < -0.39 is 34.9 Å². The van der Waals surface area contributed by atoms with Gasteiger partial charge in [-0.15, -0.1) is 20.4 Å². The number of aromatic nitrogens is 6. The van der Waals surface area contributed by atoms with Gasteiger partial charge in [0.15, 0.2) is 23.2 Å². The Morgan fingerprint density at radius 3 is 1.26 bits per heavy atom. The Morgan fingerprint density at radius 2 is 0.852 bits per heavy atom. The summed E-state index contributed by atoms with van der Waals surface area (Å²) < 4.78 is 38.0. The van der Waals surface area contributed by atoms with Crippen LogP contribution in [0.25, 0.3) is 11.4 Å². The molecule has 8 heterocycles. The number of thiocarbonyl (C=S) groups is 1. The third-order valence-corrected chi connectivity index (χ3v) is 29.2. The number of carboxylic acid groups (broad SMARTS) is 1. The van der Waals surface area contributed by atoms with Gasteiger partial charge in [-0.1, -0.05) is 151 Å². The monoisotopic (exact) mass is 2490 g/mol. The van der Waals surface area contributed by atoms with Gasteiger partial charge >= 0.3 is 60.7 Å². The summed E-state index contributed by atoms with van der Waals surface area (Å²) in [5.41, 5.74) is 39.1. The maximum atomic E-state index is 11.9. The summed E-state index contributed by atoms with van der Waals surface area (Å²) in [7, 11) is 7.67. The fourth-order valence-electron chi connectivity index (χ4n) is 14.1. The number of rotatable bonds is 2. The van der Waals surface area contributed by atoms with Crippen molar-refractivity contribution >= 4 is 328 Å². The summed E-state index contributed by atoms with van der Waals surface area (Å²) in [6.07, 6.45) is 2.45. The number of anilines is 8. The number of nitrogens with two attached hydrogens (primary N) is 3. The number of ketones is 2. The molecule has 14 N–H and O–H groups in total. The van der Waals surface area contributed by atoms with Gasteiger partial charge < -0.3 is 54.2 Å². The third kappa shape index (κ3) is 34.6. The molecule has 0 bridgehead atoms. The van der Waals surface area contributed by atoms with Crippen LogP contribution in [0.5, 0.6) is 0 Å². The number of carbonyl (C=O) groups excluding carboxylic acids is 3. The number of aliphatic carboxylic acids is 1. The van der Waals surface area contributed by atoms with Gasteiger partial charge in [-0.3, -0.25) is 37.3 Å². The van der Waals surface area contributed by atoms with E-state index in [0.717, 1.165) is 175 Å². The molecule has 142 heavy (non-hydrogen) atoms. The number of nitrogen functional groups attached to an aromatic ring is 2. The topological polar surface area (TPSA) is 366 Å². The number of hydrogen-bond acceptors (Lipinski definition) is 24. The van der Waals surface area contributed by atoms with Crippen LogP contribution in [0.3, 0.4) is 0 Å². The quantitative estimate of drug-likeness (QED) is 0.0145. The Labute approximate surface area is 940 Å². The number of hydrazone groups is 1. The van der Waals surface area contributed by atoms with Crippen LogP contribution in [0.15, 0.2) is 117 Å². The van der Waals surface area contributed by atoms with Crippen LogP contribution < -0.4 is 54.5 Å². The van der Waals surface area contributed by atoms with Crippen molar-refractivity contribution < 1.29 is 34.6 Å². The summed E-state index contributed by atoms with van der Waals surface area (Å²) in [5.74, 6) is 2.81. The second-order valence-corrected chi connectivity index (χ2v) is 50.8. The number of Topliss-reactive ketones (excluding diaryl/α,β-unsaturated/α-hetero) is 2. The van der Waals surface area contributed by atoms with Crippen molar-refractivity contribution in [2.45, 2.75) is 238 Å². The van der Waals surface area contributed by atoms with E-state index in [9.17, 15) is 28.1 Å². The SMILES string of the molecule is CC(=O)N/N=C1/Cc2c(C)ccc(Cl)c2NC1(C)C.CC(C)(N)C(=O)O.Cc1c(Br)cc(Cl)c2c1-n1c(C)nnc1C(C)(C)N2.Cc1cc(Br)c(Cl)c(Br)c1N.Cc1cc(Br)c(Cl)c2c1CC(=O)C(C)(C)N2.Cc1ccc(Cl)c2c1-n1c(C)nnc1C(C)(C)N2.Cc1ccc(Cl)c2c1CC(=O)C(C)(C)N2.Cc1ccc(Cl)c2c1CC(=S)C(C)(C)N2.Cc1ccc(Cl)cc1N.O=P(Cl)(Cl)Cl.[2H]CF.[B]=NS.[B]=NS. The summed E-state index contributed by atoms with van der Waals surface area (Å²) in [4.78, 5) is 45.7. The van der Waals surface area contributed by atoms with Gasteiger partial charge in [0.25, 0.3) is 0 Å². The maximum absolute atomic E-state index is 11.9. The fraction of sp³-hybridized carbons (Fsp3) is 0.389. The average molecular weight is 2500 g/mol. The molecule has 0 unspecified atom stereocenters. The van der Waals surface area contributed by atoms with Crippen LogP contribution in [0, 0.1) is 69.2 Å². The summed E-state index contributed by atoms with van der Waals surface area (Å²) in [6, 6.07) is 26.9. The first-order valence-corrected chi connectivity index (χ1v) is 54.6. The molecule has 6 aliphatic rings. The molecule has 0 fully saturated rings. The Balaban J connectivity index is 0.000000333. The molecule has 16 rings (SSSR count). The molecule has 0 atom stereocenters. The molecule has 768 valence electrons. The molecule has 0 saturated carbocycles. The molecule has 2 radical (unpaired) electrons. The summed E-state index contributed by atoms with van der Waals surface area (Å²) >= 11 is 88.2. The van der Waals surface area contributed by atoms with E-state index in [2.05, 4.69) is 281 Å². The van der Waals surface area contributed by atoms with Crippen LogP contribution >= 0.6 is 233 Å². The Kier molecular flexibility index (Phi) is 48.2.